The Balaban J connectivity index is 1.86. The fourth-order valence-electron chi connectivity index (χ4n) is 2.29. The zero-order chi connectivity index (χ0) is 16.8. The maximum absolute atomic E-state index is 13.4. The number of hydrogen-bond acceptors (Lipinski definition) is 3. The molecule has 3 amide bonds. The highest BCUT2D eigenvalue weighted by Gasteiger charge is 2.20. The van der Waals surface area contributed by atoms with Crippen LogP contribution in [0.25, 0.3) is 0 Å². The molecule has 0 atom stereocenters. The SMILES string of the molecule is O=C(CN1CCCCCC1=O)NNC(=O)c1ccc(F)cc1F. The monoisotopic (exact) mass is 325 g/mol. The van der Waals surface area contributed by atoms with Gasteiger partial charge in [-0.1, -0.05) is 6.42 Å². The summed E-state index contributed by atoms with van der Waals surface area (Å²) >= 11 is 0. The van der Waals surface area contributed by atoms with Crippen molar-refractivity contribution in [2.45, 2.75) is 25.7 Å². The molecule has 1 aliphatic rings. The van der Waals surface area contributed by atoms with E-state index >= 15 is 0 Å². The van der Waals surface area contributed by atoms with Crippen molar-refractivity contribution in [3.05, 3.63) is 35.4 Å². The van der Waals surface area contributed by atoms with Gasteiger partial charge in [0.05, 0.1) is 5.56 Å². The Hall–Kier alpha value is -2.51. The van der Waals surface area contributed by atoms with Crippen molar-refractivity contribution < 1.29 is 23.2 Å². The predicted octanol–water partition coefficient (Wildman–Crippen LogP) is 1.13. The highest BCUT2D eigenvalue weighted by atomic mass is 19.1. The summed E-state index contributed by atoms with van der Waals surface area (Å²) in [5.74, 6) is -3.43. The molecule has 0 saturated carbocycles. The fraction of sp³-hybridized carbons (Fsp3) is 0.400. The number of carbonyl (C=O) groups is 3. The van der Waals surface area contributed by atoms with E-state index in [2.05, 4.69) is 5.43 Å². The molecule has 23 heavy (non-hydrogen) atoms. The van der Waals surface area contributed by atoms with Crippen LogP contribution in [0.3, 0.4) is 0 Å². The molecule has 2 N–H and O–H groups in total. The number of carbonyl (C=O) groups excluding carboxylic acids is 3. The Morgan fingerprint density at radius 2 is 1.91 bits per heavy atom. The van der Waals surface area contributed by atoms with Gasteiger partial charge in [-0.15, -0.1) is 0 Å². The number of likely N-dealkylation sites (tertiary alicyclic amines) is 1. The first-order chi connectivity index (χ1) is 11.0. The molecule has 1 aromatic carbocycles. The second kappa shape index (κ2) is 7.66. The summed E-state index contributed by atoms with van der Waals surface area (Å²) in [6.45, 7) is 0.317. The van der Waals surface area contributed by atoms with Crippen LogP contribution >= 0.6 is 0 Å². The molecular formula is C15H17F2N3O3. The van der Waals surface area contributed by atoms with Crippen LogP contribution in [0.1, 0.15) is 36.0 Å². The minimum atomic E-state index is -1.03. The van der Waals surface area contributed by atoms with E-state index < -0.39 is 29.0 Å². The molecule has 1 heterocycles. The Morgan fingerprint density at radius 3 is 2.65 bits per heavy atom. The van der Waals surface area contributed by atoms with Gasteiger partial charge in [-0.3, -0.25) is 25.2 Å². The first-order valence-corrected chi connectivity index (χ1v) is 7.29. The van der Waals surface area contributed by atoms with Crippen LogP contribution in [0, 0.1) is 11.6 Å². The van der Waals surface area contributed by atoms with E-state index in [4.69, 9.17) is 0 Å². The highest BCUT2D eigenvalue weighted by molar-refractivity contribution is 5.96. The van der Waals surface area contributed by atoms with Crippen molar-refractivity contribution >= 4 is 17.7 Å². The lowest BCUT2D eigenvalue weighted by molar-refractivity contribution is -0.135. The van der Waals surface area contributed by atoms with Crippen molar-refractivity contribution in [3.8, 4) is 0 Å². The van der Waals surface area contributed by atoms with Crippen LogP contribution in [-0.4, -0.2) is 35.7 Å². The largest absolute Gasteiger partial charge is 0.333 e. The molecule has 8 heteroatoms. The van der Waals surface area contributed by atoms with E-state index in [1.807, 2.05) is 5.43 Å². The Labute approximate surface area is 131 Å². The van der Waals surface area contributed by atoms with Crippen LogP contribution in [0.15, 0.2) is 18.2 Å². The van der Waals surface area contributed by atoms with Gasteiger partial charge in [-0.05, 0) is 25.0 Å². The first-order valence-electron chi connectivity index (χ1n) is 7.29. The maximum atomic E-state index is 13.4. The van der Waals surface area contributed by atoms with Crippen LogP contribution in [0.5, 0.6) is 0 Å². The summed E-state index contributed by atoms with van der Waals surface area (Å²) in [5.41, 5.74) is 3.77. The molecule has 2 rings (SSSR count). The average molecular weight is 325 g/mol. The van der Waals surface area contributed by atoms with E-state index in [9.17, 15) is 23.2 Å². The number of amides is 3. The highest BCUT2D eigenvalue weighted by Crippen LogP contribution is 2.11. The number of nitrogens with one attached hydrogen (secondary N) is 2. The van der Waals surface area contributed by atoms with Crippen molar-refractivity contribution in [2.75, 3.05) is 13.1 Å². The van der Waals surface area contributed by atoms with E-state index in [1.54, 1.807) is 0 Å². The average Bonchev–Trinajstić information content (AvgIpc) is 2.70. The summed E-state index contributed by atoms with van der Waals surface area (Å²) in [4.78, 5) is 36.7. The number of rotatable bonds is 3. The van der Waals surface area contributed by atoms with Gasteiger partial charge in [-0.2, -0.15) is 0 Å². The maximum Gasteiger partial charge on any atom is 0.272 e. The van der Waals surface area contributed by atoms with Gasteiger partial charge >= 0.3 is 0 Å². The minimum absolute atomic E-state index is 0.103. The van der Waals surface area contributed by atoms with Crippen molar-refractivity contribution in [1.29, 1.82) is 0 Å². The molecule has 0 bridgehead atoms. The van der Waals surface area contributed by atoms with Gasteiger partial charge in [-0.25, -0.2) is 8.78 Å². The summed E-state index contributed by atoms with van der Waals surface area (Å²) in [5, 5.41) is 0. The van der Waals surface area contributed by atoms with E-state index in [0.29, 0.717) is 19.0 Å². The van der Waals surface area contributed by atoms with Gasteiger partial charge < -0.3 is 4.90 Å². The molecule has 0 aromatic heterocycles. The van der Waals surface area contributed by atoms with Gasteiger partial charge in [0.15, 0.2) is 0 Å². The molecule has 6 nitrogen and oxygen atoms in total. The molecule has 1 aliphatic heterocycles. The van der Waals surface area contributed by atoms with Crippen molar-refractivity contribution in [2.24, 2.45) is 0 Å². The normalized spacial score (nSPS) is 15.0. The molecule has 0 aliphatic carbocycles. The third-order valence-electron chi connectivity index (χ3n) is 3.50. The predicted molar refractivity (Wildman–Crippen MR) is 77.0 cm³/mol. The third-order valence-corrected chi connectivity index (χ3v) is 3.50. The lowest BCUT2D eigenvalue weighted by Gasteiger charge is -2.19. The Kier molecular flexibility index (Phi) is 5.61. The summed E-state index contributed by atoms with van der Waals surface area (Å²) in [6, 6.07) is 2.49. The lowest BCUT2D eigenvalue weighted by Crippen LogP contribution is -2.47. The van der Waals surface area contributed by atoms with Crippen molar-refractivity contribution in [1.82, 2.24) is 15.8 Å². The molecule has 0 spiro atoms. The Morgan fingerprint density at radius 1 is 1.13 bits per heavy atom. The molecule has 124 valence electrons. The number of halogens is 2. The fourth-order valence-corrected chi connectivity index (χ4v) is 2.29. The first kappa shape index (κ1) is 16.9. The quantitative estimate of drug-likeness (QED) is 0.818. The second-order valence-corrected chi connectivity index (χ2v) is 5.25. The number of hydrazine groups is 1. The molecule has 0 radical (unpaired) electrons. The topological polar surface area (TPSA) is 78.5 Å². The van der Waals surface area contributed by atoms with Gasteiger partial charge in [0.1, 0.15) is 18.2 Å². The summed E-state index contributed by atoms with van der Waals surface area (Å²) in [7, 11) is 0. The van der Waals surface area contributed by atoms with Crippen LogP contribution in [0.4, 0.5) is 8.78 Å². The molecule has 1 aromatic rings. The second-order valence-electron chi connectivity index (χ2n) is 5.25. The lowest BCUT2D eigenvalue weighted by atomic mass is 10.2. The summed E-state index contributed by atoms with van der Waals surface area (Å²) < 4.78 is 26.2. The van der Waals surface area contributed by atoms with Crippen LogP contribution in [-0.2, 0) is 9.59 Å². The van der Waals surface area contributed by atoms with Crippen LogP contribution < -0.4 is 10.9 Å². The van der Waals surface area contributed by atoms with Gasteiger partial charge in [0.2, 0.25) is 5.91 Å². The number of benzene rings is 1. The smallest absolute Gasteiger partial charge is 0.272 e. The molecule has 0 unspecified atom stereocenters. The molecule has 1 saturated heterocycles. The van der Waals surface area contributed by atoms with Gasteiger partial charge in [0.25, 0.3) is 11.8 Å². The molecule has 1 fully saturated rings. The third kappa shape index (κ3) is 4.73. The minimum Gasteiger partial charge on any atom is -0.333 e. The van der Waals surface area contributed by atoms with Crippen LogP contribution in [0.2, 0.25) is 0 Å². The van der Waals surface area contributed by atoms with E-state index in [-0.39, 0.29) is 12.5 Å². The zero-order valence-corrected chi connectivity index (χ0v) is 12.4. The molecular weight excluding hydrogens is 308 g/mol. The standard InChI is InChI=1S/C15H17F2N3O3/c16-10-5-6-11(12(17)8-10)15(23)19-18-13(21)9-20-7-3-1-2-4-14(20)22/h5-6,8H,1-4,7,9H2,(H,18,21)(H,19,23). The number of hydrogen-bond donors (Lipinski definition) is 2. The van der Waals surface area contributed by atoms with E-state index in [0.717, 1.165) is 31.4 Å². The zero-order valence-electron chi connectivity index (χ0n) is 12.4. The Bertz CT molecular complexity index is 622. The van der Waals surface area contributed by atoms with E-state index in [1.165, 1.54) is 4.90 Å². The van der Waals surface area contributed by atoms with Gasteiger partial charge in [0, 0.05) is 19.0 Å². The summed E-state index contributed by atoms with van der Waals surface area (Å²) in [6.07, 6.45) is 2.97. The van der Waals surface area contributed by atoms with Crippen molar-refractivity contribution in [3.63, 3.8) is 0 Å². The number of nitrogens with zero attached hydrogens (tertiary/aromatic N) is 1.